The minimum atomic E-state index is -0.864. The fraction of sp³-hybridized carbons (Fsp3) is 0.423. The second-order valence-corrected chi connectivity index (χ2v) is 11.5. The predicted octanol–water partition coefficient (Wildman–Crippen LogP) is 5.89. The summed E-state index contributed by atoms with van der Waals surface area (Å²) in [7, 11) is 0. The zero-order chi connectivity index (χ0) is 27.6. The van der Waals surface area contributed by atoms with Crippen LogP contribution in [0.15, 0.2) is 62.4 Å². The Morgan fingerprint density at radius 2 is 1.68 bits per heavy atom. The van der Waals surface area contributed by atoms with Gasteiger partial charge < -0.3 is 31.5 Å². The van der Waals surface area contributed by atoms with E-state index in [2.05, 4.69) is 75.0 Å². The van der Waals surface area contributed by atoms with E-state index in [-0.39, 0.29) is 0 Å². The molecule has 2 aromatic rings. The molecule has 2 rings (SSSR count). The maximum atomic E-state index is 9.99. The summed E-state index contributed by atoms with van der Waals surface area (Å²) >= 11 is 7.00. The Kier molecular flexibility index (Phi) is 11.5. The molecule has 0 radical (unpaired) electrons. The molecule has 1 aromatic heterocycles. The van der Waals surface area contributed by atoms with Crippen LogP contribution in [0.3, 0.4) is 0 Å². The van der Waals surface area contributed by atoms with Gasteiger partial charge in [-0.3, -0.25) is 0 Å². The number of allylic oxidation sites excluding steroid dienone is 2. The zero-order valence-electron chi connectivity index (χ0n) is 22.2. The first-order valence-electron chi connectivity index (χ1n) is 12.0. The summed E-state index contributed by atoms with van der Waals surface area (Å²) in [5.41, 5.74) is 0.902. The van der Waals surface area contributed by atoms with Crippen LogP contribution in [0.2, 0.25) is 0 Å². The van der Waals surface area contributed by atoms with Gasteiger partial charge in [0.25, 0.3) is 0 Å². The minimum Gasteiger partial charge on any atom is -0.389 e. The largest absolute Gasteiger partial charge is 0.389 e. The number of hydrogen-bond donors (Lipinski definition) is 6. The molecule has 11 heteroatoms. The third-order valence-electron chi connectivity index (χ3n) is 4.65. The van der Waals surface area contributed by atoms with Crippen LogP contribution in [0.1, 0.15) is 48.0 Å². The number of nitrogens with one attached hydrogen (secondary N) is 4. The molecule has 0 fully saturated rings. The molecule has 6 N–H and O–H groups in total. The lowest BCUT2D eigenvalue weighted by Crippen LogP contribution is -2.34. The average molecular weight is 639 g/mol. The van der Waals surface area contributed by atoms with Crippen LogP contribution < -0.4 is 21.3 Å². The second kappa shape index (κ2) is 13.9. The molecule has 37 heavy (non-hydrogen) atoms. The number of hydrogen-bond acceptors (Lipinski definition) is 8. The summed E-state index contributed by atoms with van der Waals surface area (Å²) in [4.78, 5) is 13.3. The average Bonchev–Trinajstić information content (AvgIpc) is 2.80. The maximum absolute atomic E-state index is 9.99. The van der Waals surface area contributed by atoms with E-state index in [1.165, 1.54) is 0 Å². The van der Waals surface area contributed by atoms with Crippen molar-refractivity contribution < 1.29 is 10.2 Å². The third kappa shape index (κ3) is 12.1. The highest BCUT2D eigenvalue weighted by Gasteiger charge is 2.15. The Balaban J connectivity index is 2.01. The smallest absolute Gasteiger partial charge is 0.229 e. The van der Waals surface area contributed by atoms with Crippen molar-refractivity contribution in [1.29, 1.82) is 0 Å². The number of aliphatic imine (C=N–C) groups is 1. The molecule has 0 unspecified atom stereocenters. The highest BCUT2D eigenvalue weighted by molar-refractivity contribution is 9.12. The number of benzene rings is 1. The number of anilines is 4. The van der Waals surface area contributed by atoms with Crippen molar-refractivity contribution >= 4 is 60.8 Å². The second-order valence-electron chi connectivity index (χ2n) is 9.77. The van der Waals surface area contributed by atoms with E-state index in [1.807, 2.05) is 37.3 Å². The summed E-state index contributed by atoms with van der Waals surface area (Å²) in [5, 5.41) is 32.8. The van der Waals surface area contributed by atoms with E-state index in [9.17, 15) is 10.2 Å². The normalized spacial score (nSPS) is 13.4. The Morgan fingerprint density at radius 1 is 1.05 bits per heavy atom. The summed E-state index contributed by atoms with van der Waals surface area (Å²) in [6.45, 7) is 11.7. The van der Waals surface area contributed by atoms with Crippen molar-refractivity contribution in [3.63, 3.8) is 0 Å². The van der Waals surface area contributed by atoms with Crippen molar-refractivity contribution in [2.75, 3.05) is 29.0 Å². The Bertz CT molecular complexity index is 1120. The molecule has 202 valence electrons. The molecule has 0 atom stereocenters. The van der Waals surface area contributed by atoms with Gasteiger partial charge in [0.15, 0.2) is 0 Å². The number of amidine groups is 1. The molecular weight excluding hydrogens is 602 g/mol. The van der Waals surface area contributed by atoms with Gasteiger partial charge in [0.05, 0.1) is 20.2 Å². The van der Waals surface area contributed by atoms with E-state index in [1.54, 1.807) is 40.1 Å². The van der Waals surface area contributed by atoms with E-state index in [0.29, 0.717) is 29.3 Å². The van der Waals surface area contributed by atoms with Gasteiger partial charge in [-0.05, 0) is 97.2 Å². The standard InChI is InChI=1S/C26H37Br2N7O2/c1-7-8-22(31-15-25(3,4)36)20(27)13-29-17(2)33-18-9-11-19(12-10-18)34-24-30-14-21(28)23(35-24)32-16-26(5,6)37/h8-14,31,36-37H,7,15-16H2,1-6H3,(H,29,33)(H2,30,32,34,35)/b20-13+,22-8-. The monoisotopic (exact) mass is 637 g/mol. The summed E-state index contributed by atoms with van der Waals surface area (Å²) < 4.78 is 1.51. The first-order valence-corrected chi connectivity index (χ1v) is 13.5. The third-order valence-corrected chi connectivity index (χ3v) is 5.86. The highest BCUT2D eigenvalue weighted by Crippen LogP contribution is 2.23. The highest BCUT2D eigenvalue weighted by atomic mass is 79.9. The number of halogens is 2. The van der Waals surface area contributed by atoms with E-state index >= 15 is 0 Å². The molecule has 0 spiro atoms. The summed E-state index contributed by atoms with van der Waals surface area (Å²) in [6, 6.07) is 7.69. The van der Waals surface area contributed by atoms with Crippen LogP contribution in [-0.4, -0.2) is 50.3 Å². The first-order chi connectivity index (χ1) is 17.3. The van der Waals surface area contributed by atoms with Crippen LogP contribution in [0.4, 0.5) is 23.1 Å². The molecule has 9 nitrogen and oxygen atoms in total. The van der Waals surface area contributed by atoms with Gasteiger partial charge in [-0.1, -0.05) is 13.0 Å². The van der Waals surface area contributed by atoms with Gasteiger partial charge in [-0.2, -0.15) is 4.98 Å². The topological polar surface area (TPSA) is 127 Å². The maximum Gasteiger partial charge on any atom is 0.229 e. The Hall–Kier alpha value is -2.47. The van der Waals surface area contributed by atoms with Gasteiger partial charge in [0, 0.05) is 42.6 Å². The van der Waals surface area contributed by atoms with Gasteiger partial charge in [-0.15, -0.1) is 0 Å². The van der Waals surface area contributed by atoms with Crippen LogP contribution >= 0.6 is 31.9 Å². The van der Waals surface area contributed by atoms with Crippen molar-refractivity contribution in [3.8, 4) is 0 Å². The van der Waals surface area contributed by atoms with Crippen LogP contribution in [0.5, 0.6) is 0 Å². The van der Waals surface area contributed by atoms with Crippen LogP contribution in [0.25, 0.3) is 0 Å². The fourth-order valence-corrected chi connectivity index (χ4v) is 3.59. The molecule has 0 amide bonds. The van der Waals surface area contributed by atoms with Crippen LogP contribution in [0, 0.1) is 0 Å². The molecule has 0 aliphatic heterocycles. The number of nitrogens with zero attached hydrogens (tertiary/aromatic N) is 3. The summed E-state index contributed by atoms with van der Waals surface area (Å²) in [5.74, 6) is 1.75. The Morgan fingerprint density at radius 3 is 2.27 bits per heavy atom. The van der Waals surface area contributed by atoms with Gasteiger partial charge in [0.1, 0.15) is 11.7 Å². The zero-order valence-corrected chi connectivity index (χ0v) is 25.3. The SMILES string of the molecule is CC/C=C(NCC(C)(C)O)/C(Br)=C\N=C(C)Nc1ccc(Nc2ncc(Br)c(NCC(C)(C)O)n2)cc1. The van der Waals surface area contributed by atoms with Crippen molar-refractivity contribution in [2.24, 2.45) is 4.99 Å². The lowest BCUT2D eigenvalue weighted by Gasteiger charge is -2.20. The van der Waals surface area contributed by atoms with Gasteiger partial charge in [0.2, 0.25) is 5.95 Å². The molecule has 0 aliphatic carbocycles. The van der Waals surface area contributed by atoms with Crippen molar-refractivity contribution in [3.05, 3.63) is 57.4 Å². The van der Waals surface area contributed by atoms with Gasteiger partial charge >= 0.3 is 0 Å². The van der Waals surface area contributed by atoms with E-state index in [0.717, 1.165) is 33.8 Å². The lowest BCUT2D eigenvalue weighted by atomic mass is 10.1. The number of rotatable bonds is 12. The van der Waals surface area contributed by atoms with Crippen LogP contribution in [-0.2, 0) is 0 Å². The molecule has 1 aromatic carbocycles. The lowest BCUT2D eigenvalue weighted by molar-refractivity contribution is 0.0828. The fourth-order valence-electron chi connectivity index (χ4n) is 2.85. The molecule has 0 saturated heterocycles. The summed E-state index contributed by atoms with van der Waals surface area (Å²) in [6.07, 6.45) is 6.27. The van der Waals surface area contributed by atoms with Gasteiger partial charge in [-0.25, -0.2) is 9.98 Å². The van der Waals surface area contributed by atoms with Crippen molar-refractivity contribution in [2.45, 2.75) is 59.2 Å². The molecular formula is C26H37Br2N7O2. The van der Waals surface area contributed by atoms with E-state index < -0.39 is 11.2 Å². The molecule has 0 aliphatic rings. The molecule has 0 bridgehead atoms. The predicted molar refractivity (Wildman–Crippen MR) is 161 cm³/mol. The molecule has 1 heterocycles. The minimum absolute atomic E-state index is 0.350. The number of aromatic nitrogens is 2. The Labute approximate surface area is 236 Å². The van der Waals surface area contributed by atoms with Crippen molar-refractivity contribution in [1.82, 2.24) is 15.3 Å². The number of aliphatic hydroxyl groups is 2. The quantitative estimate of drug-likeness (QED) is 0.0966. The first kappa shape index (κ1) is 30.8. The molecule has 0 saturated carbocycles. The van der Waals surface area contributed by atoms with E-state index in [4.69, 9.17) is 0 Å².